The Balaban J connectivity index is 3.14. The van der Waals surface area contributed by atoms with Crippen LogP contribution in [0, 0.1) is 17.1 Å². The van der Waals surface area contributed by atoms with E-state index >= 15 is 0 Å². The van der Waals surface area contributed by atoms with Gasteiger partial charge in [-0.1, -0.05) is 6.92 Å². The Bertz CT molecular complexity index is 359. The molecule has 13 heavy (non-hydrogen) atoms. The highest BCUT2D eigenvalue weighted by Gasteiger charge is 2.07. The number of thioether (sulfide) groups is 1. The molecule has 0 amide bonds. The van der Waals surface area contributed by atoms with Crippen molar-refractivity contribution in [3.05, 3.63) is 28.0 Å². The zero-order valence-electron chi connectivity index (χ0n) is 6.97. The normalized spacial score (nSPS) is 9.69. The van der Waals surface area contributed by atoms with E-state index in [4.69, 9.17) is 5.26 Å². The number of benzene rings is 1. The van der Waals surface area contributed by atoms with Gasteiger partial charge in [-0.05, 0) is 33.8 Å². The van der Waals surface area contributed by atoms with Crippen LogP contribution >= 0.6 is 27.7 Å². The average molecular weight is 260 g/mol. The first-order chi connectivity index (χ1) is 6.19. The molecular formula is C9H7BrFNS. The maximum atomic E-state index is 13.2. The lowest BCUT2D eigenvalue weighted by Gasteiger charge is -2.02. The molecule has 0 heterocycles. The second-order valence-electron chi connectivity index (χ2n) is 2.31. The summed E-state index contributed by atoms with van der Waals surface area (Å²) in [7, 11) is 0. The van der Waals surface area contributed by atoms with E-state index in [2.05, 4.69) is 15.9 Å². The van der Waals surface area contributed by atoms with Crippen LogP contribution in [-0.4, -0.2) is 5.75 Å². The van der Waals surface area contributed by atoms with Crippen molar-refractivity contribution in [3.8, 4) is 6.07 Å². The summed E-state index contributed by atoms with van der Waals surface area (Å²) in [4.78, 5) is 0.577. The first-order valence-electron chi connectivity index (χ1n) is 3.71. The molecule has 1 aromatic carbocycles. The van der Waals surface area contributed by atoms with Crippen molar-refractivity contribution in [1.82, 2.24) is 0 Å². The Hall–Kier alpha value is -0.530. The summed E-state index contributed by atoms with van der Waals surface area (Å²) >= 11 is 4.63. The maximum Gasteiger partial charge on any atom is 0.138 e. The molecule has 0 aromatic heterocycles. The van der Waals surface area contributed by atoms with E-state index < -0.39 is 0 Å². The molecular weight excluding hydrogens is 253 g/mol. The predicted octanol–water partition coefficient (Wildman–Crippen LogP) is 3.57. The zero-order valence-corrected chi connectivity index (χ0v) is 9.38. The Morgan fingerprint density at radius 1 is 1.62 bits per heavy atom. The van der Waals surface area contributed by atoms with Gasteiger partial charge in [-0.25, -0.2) is 4.39 Å². The molecule has 0 fully saturated rings. The molecule has 0 saturated heterocycles. The molecule has 1 rings (SSSR count). The lowest BCUT2D eigenvalue weighted by atomic mass is 10.2. The summed E-state index contributed by atoms with van der Waals surface area (Å²) in [5.41, 5.74) is 0.331. The summed E-state index contributed by atoms with van der Waals surface area (Å²) in [6.45, 7) is 1.95. The minimum atomic E-state index is -0.327. The first kappa shape index (κ1) is 10.6. The average Bonchev–Trinajstić information content (AvgIpc) is 2.11. The minimum absolute atomic E-state index is 0.327. The molecule has 0 atom stereocenters. The molecule has 1 aromatic rings. The maximum absolute atomic E-state index is 13.2. The van der Waals surface area contributed by atoms with Gasteiger partial charge in [-0.2, -0.15) is 5.26 Å². The van der Waals surface area contributed by atoms with Gasteiger partial charge in [0, 0.05) is 9.37 Å². The molecule has 0 aliphatic heterocycles. The molecule has 0 aliphatic carbocycles. The van der Waals surface area contributed by atoms with E-state index in [9.17, 15) is 4.39 Å². The molecule has 0 aliphatic rings. The molecule has 1 nitrogen and oxygen atoms in total. The van der Waals surface area contributed by atoms with Crippen LogP contribution in [0.2, 0.25) is 0 Å². The third-order valence-corrected chi connectivity index (χ3v) is 3.01. The molecule has 68 valence electrons. The number of hydrogen-bond donors (Lipinski definition) is 0. The van der Waals surface area contributed by atoms with Crippen LogP contribution < -0.4 is 0 Å². The zero-order chi connectivity index (χ0) is 9.84. The Morgan fingerprint density at radius 3 is 2.85 bits per heavy atom. The lowest BCUT2D eigenvalue weighted by Crippen LogP contribution is -1.86. The fourth-order valence-corrected chi connectivity index (χ4v) is 2.17. The lowest BCUT2D eigenvalue weighted by molar-refractivity contribution is 0.601. The molecule has 0 saturated carbocycles. The minimum Gasteiger partial charge on any atom is -0.206 e. The Kier molecular flexibility index (Phi) is 3.76. The van der Waals surface area contributed by atoms with Crippen molar-refractivity contribution in [1.29, 1.82) is 5.26 Å². The largest absolute Gasteiger partial charge is 0.206 e. The van der Waals surface area contributed by atoms with Crippen LogP contribution in [0.4, 0.5) is 4.39 Å². The van der Waals surface area contributed by atoms with Gasteiger partial charge >= 0.3 is 0 Å². The molecule has 0 unspecified atom stereocenters. The van der Waals surface area contributed by atoms with Crippen molar-refractivity contribution in [2.45, 2.75) is 11.8 Å². The smallest absolute Gasteiger partial charge is 0.138 e. The number of hydrogen-bond acceptors (Lipinski definition) is 2. The summed E-state index contributed by atoms with van der Waals surface area (Å²) in [5, 5.41) is 8.61. The molecule has 0 N–H and O–H groups in total. The van der Waals surface area contributed by atoms with Crippen LogP contribution in [0.5, 0.6) is 0 Å². The molecule has 0 bridgehead atoms. The fraction of sp³-hybridized carbons (Fsp3) is 0.222. The Morgan fingerprint density at radius 2 is 2.31 bits per heavy atom. The second-order valence-corrected chi connectivity index (χ2v) is 4.47. The monoisotopic (exact) mass is 259 g/mol. The van der Waals surface area contributed by atoms with E-state index in [-0.39, 0.29) is 5.82 Å². The third-order valence-electron chi connectivity index (χ3n) is 1.44. The summed E-state index contributed by atoms with van der Waals surface area (Å²) in [6, 6.07) is 4.80. The third kappa shape index (κ3) is 2.45. The number of rotatable bonds is 2. The quantitative estimate of drug-likeness (QED) is 0.759. The highest BCUT2D eigenvalue weighted by Crippen LogP contribution is 2.27. The van der Waals surface area contributed by atoms with Crippen LogP contribution in [0.15, 0.2) is 21.5 Å². The van der Waals surface area contributed by atoms with Gasteiger partial charge in [0.1, 0.15) is 11.9 Å². The van der Waals surface area contributed by atoms with Crippen molar-refractivity contribution in [2.24, 2.45) is 0 Å². The van der Waals surface area contributed by atoms with Gasteiger partial charge < -0.3 is 0 Å². The van der Waals surface area contributed by atoms with Gasteiger partial charge in [0.2, 0.25) is 0 Å². The standard InChI is InChI=1S/C9H7BrFNS/c1-2-13-9-4-7(10)6(5-12)3-8(9)11/h3-4H,2H2,1H3. The molecule has 0 radical (unpaired) electrons. The number of nitrogens with zero attached hydrogens (tertiary/aromatic N) is 1. The topological polar surface area (TPSA) is 23.8 Å². The van der Waals surface area contributed by atoms with Gasteiger partial charge in [-0.3, -0.25) is 0 Å². The SMILES string of the molecule is CCSc1cc(Br)c(C#N)cc1F. The molecule has 0 spiro atoms. The van der Waals surface area contributed by atoms with Crippen molar-refractivity contribution in [2.75, 3.05) is 5.75 Å². The molecule has 4 heteroatoms. The van der Waals surface area contributed by atoms with E-state index in [0.717, 1.165) is 5.75 Å². The van der Waals surface area contributed by atoms with Crippen LogP contribution in [0.1, 0.15) is 12.5 Å². The Labute approximate surface area is 89.1 Å². The van der Waals surface area contributed by atoms with Crippen LogP contribution in [0.3, 0.4) is 0 Å². The van der Waals surface area contributed by atoms with E-state index in [0.29, 0.717) is 14.9 Å². The predicted molar refractivity (Wildman–Crippen MR) is 55.2 cm³/mol. The van der Waals surface area contributed by atoms with Gasteiger partial charge in [0.05, 0.1) is 5.56 Å². The highest BCUT2D eigenvalue weighted by molar-refractivity contribution is 9.10. The summed E-state index contributed by atoms with van der Waals surface area (Å²) < 4.78 is 13.9. The van der Waals surface area contributed by atoms with Gasteiger partial charge in [-0.15, -0.1) is 11.8 Å². The summed E-state index contributed by atoms with van der Waals surface area (Å²) in [5.74, 6) is 0.488. The number of nitriles is 1. The first-order valence-corrected chi connectivity index (χ1v) is 5.48. The fourth-order valence-electron chi connectivity index (χ4n) is 0.880. The van der Waals surface area contributed by atoms with E-state index in [1.54, 1.807) is 6.07 Å². The second kappa shape index (κ2) is 4.64. The van der Waals surface area contributed by atoms with Crippen LogP contribution in [-0.2, 0) is 0 Å². The van der Waals surface area contributed by atoms with Gasteiger partial charge in [0.25, 0.3) is 0 Å². The van der Waals surface area contributed by atoms with Crippen molar-refractivity contribution >= 4 is 27.7 Å². The van der Waals surface area contributed by atoms with Crippen LogP contribution in [0.25, 0.3) is 0 Å². The van der Waals surface area contributed by atoms with E-state index in [1.807, 2.05) is 13.0 Å². The number of halogens is 2. The van der Waals surface area contributed by atoms with Crippen molar-refractivity contribution < 1.29 is 4.39 Å². The summed E-state index contributed by atoms with van der Waals surface area (Å²) in [6.07, 6.45) is 0. The van der Waals surface area contributed by atoms with Crippen molar-refractivity contribution in [3.63, 3.8) is 0 Å². The highest BCUT2D eigenvalue weighted by atomic mass is 79.9. The van der Waals surface area contributed by atoms with Gasteiger partial charge in [0.15, 0.2) is 0 Å². The van der Waals surface area contributed by atoms with E-state index in [1.165, 1.54) is 17.8 Å².